The number of fused-ring (bicyclic) bond motifs is 2. The van der Waals surface area contributed by atoms with E-state index in [0.29, 0.717) is 0 Å². The van der Waals surface area contributed by atoms with Gasteiger partial charge < -0.3 is 0 Å². The van der Waals surface area contributed by atoms with Crippen LogP contribution in [0, 0.1) is 27.7 Å². The van der Waals surface area contributed by atoms with Gasteiger partial charge in [-0.2, -0.15) is 12.1 Å². The third-order valence-corrected chi connectivity index (χ3v) is 9.13. The van der Waals surface area contributed by atoms with Gasteiger partial charge in [-0.15, -0.1) is 68.1 Å². The average Bonchev–Trinajstić information content (AvgIpc) is 3.58. The Morgan fingerprint density at radius 1 is 0.512 bits per heavy atom. The molecule has 0 bridgehead atoms. The van der Waals surface area contributed by atoms with E-state index in [1.807, 2.05) is 72.8 Å². The van der Waals surface area contributed by atoms with Crippen LogP contribution in [0.2, 0.25) is 0 Å². The van der Waals surface area contributed by atoms with E-state index in [1.165, 1.54) is 33.0 Å². The summed E-state index contributed by atoms with van der Waals surface area (Å²) in [5, 5.41) is 4.72. The first kappa shape index (κ1) is 34.6. The van der Waals surface area contributed by atoms with E-state index in [2.05, 4.69) is 64.1 Å². The SMILES string of the molecule is Cc1cc2c(C(Cl)(Cl)c3ccccc3)ccc(C)c2[cH-]1.Cc1cc2c(C(Cl)(Cl)c3ccccc3)ccc(C)c2[cH-]1.[Cl][Zr+2][Cl]. The number of aryl methyl sites for hydroxylation is 4. The fourth-order valence-corrected chi connectivity index (χ4v) is 6.50. The van der Waals surface area contributed by atoms with E-state index in [-0.39, 0.29) is 0 Å². The van der Waals surface area contributed by atoms with Gasteiger partial charge in [-0.3, -0.25) is 0 Å². The van der Waals surface area contributed by atoms with Crippen molar-refractivity contribution < 1.29 is 20.8 Å². The summed E-state index contributed by atoms with van der Waals surface area (Å²) in [4.78, 5) is 0. The Labute approximate surface area is 293 Å². The van der Waals surface area contributed by atoms with Crippen LogP contribution in [0.25, 0.3) is 21.5 Å². The number of hydrogen-bond donors (Lipinski definition) is 0. The molecule has 6 aromatic carbocycles. The second-order valence-corrected chi connectivity index (χ2v) is 16.9. The van der Waals surface area contributed by atoms with Crippen molar-refractivity contribution >= 4 is 85.0 Å². The van der Waals surface area contributed by atoms with Gasteiger partial charge in [0.25, 0.3) is 0 Å². The molecule has 0 saturated heterocycles. The number of benzene rings is 4. The standard InChI is InChI=1S/2C18H15Cl2.2ClH.Zr/c2*1-12-10-15-13(2)8-9-17(16(15)11-12)18(19,20)14-6-4-3-5-7-14;;;/h2*3-11H,1-2H3;2*1H;/q2*-1;;;+4/p-2. The monoisotopic (exact) mass is 762 g/mol. The molecule has 0 amide bonds. The molecule has 0 aliphatic heterocycles. The van der Waals surface area contributed by atoms with Crippen LogP contribution >= 0.6 is 63.4 Å². The first-order valence-corrected chi connectivity index (χ1v) is 21.4. The van der Waals surface area contributed by atoms with Crippen molar-refractivity contribution in [1.82, 2.24) is 0 Å². The Hall–Kier alpha value is -1.28. The number of hydrogen-bond acceptors (Lipinski definition) is 0. The van der Waals surface area contributed by atoms with Crippen LogP contribution < -0.4 is 0 Å². The molecule has 6 rings (SSSR count). The Morgan fingerprint density at radius 2 is 0.837 bits per heavy atom. The predicted octanol–water partition coefficient (Wildman–Crippen LogP) is 13.1. The van der Waals surface area contributed by atoms with Gasteiger partial charge in [0.15, 0.2) is 8.67 Å². The number of alkyl halides is 4. The maximum absolute atomic E-state index is 6.69. The molecule has 0 spiro atoms. The van der Waals surface area contributed by atoms with Crippen molar-refractivity contribution in [3.05, 3.63) is 154 Å². The van der Waals surface area contributed by atoms with Crippen molar-refractivity contribution in [3.8, 4) is 0 Å². The topological polar surface area (TPSA) is 0 Å². The van der Waals surface area contributed by atoms with Gasteiger partial charge >= 0.3 is 37.9 Å². The van der Waals surface area contributed by atoms with E-state index >= 15 is 0 Å². The molecule has 6 aromatic rings. The second kappa shape index (κ2) is 14.9. The fourth-order valence-electron chi connectivity index (χ4n) is 5.33. The summed E-state index contributed by atoms with van der Waals surface area (Å²) in [7, 11) is 9.87. The molecule has 7 heteroatoms. The fraction of sp³-hybridized carbons (Fsp3) is 0.167. The van der Waals surface area contributed by atoms with Gasteiger partial charge in [-0.25, -0.2) is 0 Å². The Kier molecular flexibility index (Phi) is 12.0. The van der Waals surface area contributed by atoms with Crippen LogP contribution in [0.1, 0.15) is 44.5 Å². The van der Waals surface area contributed by atoms with Crippen molar-refractivity contribution in [1.29, 1.82) is 0 Å². The summed E-state index contributed by atoms with van der Waals surface area (Å²) >= 11 is 25.9. The third kappa shape index (κ3) is 7.76. The summed E-state index contributed by atoms with van der Waals surface area (Å²) in [5.74, 6) is 0. The quantitative estimate of drug-likeness (QED) is 0.124. The van der Waals surface area contributed by atoms with E-state index < -0.39 is 29.5 Å². The Balaban J connectivity index is 0.000000181. The van der Waals surface area contributed by atoms with Crippen LogP contribution in [0.3, 0.4) is 0 Å². The zero-order chi connectivity index (χ0) is 31.4. The minimum absolute atomic E-state index is 0.826. The van der Waals surface area contributed by atoms with E-state index in [0.717, 1.165) is 33.0 Å². The Bertz CT molecular complexity index is 1670. The van der Waals surface area contributed by atoms with E-state index in [4.69, 9.17) is 63.4 Å². The summed E-state index contributed by atoms with van der Waals surface area (Å²) in [6.45, 7) is 8.40. The molecule has 0 N–H and O–H groups in total. The number of halogens is 6. The van der Waals surface area contributed by atoms with Gasteiger partial charge in [-0.05, 0) is 11.1 Å². The molecule has 0 nitrogen and oxygen atoms in total. The van der Waals surface area contributed by atoms with Crippen molar-refractivity contribution in [2.45, 2.75) is 36.4 Å². The Morgan fingerprint density at radius 3 is 1.16 bits per heavy atom. The molecule has 0 saturated carbocycles. The minimum atomic E-state index is -1.03. The average molecular weight is 767 g/mol. The molecule has 220 valence electrons. The molecule has 0 aliphatic rings. The zero-order valence-electron chi connectivity index (χ0n) is 24.2. The number of rotatable bonds is 4. The summed E-state index contributed by atoms with van der Waals surface area (Å²) < 4.78 is -2.07. The molecule has 0 radical (unpaired) electrons. The molecule has 43 heavy (non-hydrogen) atoms. The maximum atomic E-state index is 6.69. The molecule has 0 aliphatic carbocycles. The second-order valence-electron chi connectivity index (χ2n) is 10.5. The molecule has 0 atom stereocenters. The predicted molar refractivity (Wildman–Crippen MR) is 188 cm³/mol. The van der Waals surface area contributed by atoms with Crippen molar-refractivity contribution in [3.63, 3.8) is 0 Å². The van der Waals surface area contributed by atoms with E-state index in [1.54, 1.807) is 0 Å². The van der Waals surface area contributed by atoms with Crippen molar-refractivity contribution in [2.75, 3.05) is 0 Å². The first-order chi connectivity index (χ1) is 20.4. The zero-order valence-corrected chi connectivity index (χ0v) is 31.2. The van der Waals surface area contributed by atoms with Crippen LogP contribution in [-0.4, -0.2) is 0 Å². The molecular weight excluding hydrogens is 736 g/mol. The molecule has 0 aromatic heterocycles. The van der Waals surface area contributed by atoms with E-state index in [9.17, 15) is 0 Å². The van der Waals surface area contributed by atoms with Crippen LogP contribution in [0.4, 0.5) is 0 Å². The van der Waals surface area contributed by atoms with Crippen LogP contribution in [-0.2, 0) is 29.5 Å². The molecular formula is C36H30Cl6Zr. The molecule has 0 fully saturated rings. The summed E-state index contributed by atoms with van der Waals surface area (Å²) in [6, 6.07) is 36.5. The van der Waals surface area contributed by atoms with Crippen LogP contribution in [0.5, 0.6) is 0 Å². The van der Waals surface area contributed by atoms with Crippen LogP contribution in [0.15, 0.2) is 109 Å². The van der Waals surface area contributed by atoms with Gasteiger partial charge in [0, 0.05) is 0 Å². The summed E-state index contributed by atoms with van der Waals surface area (Å²) in [6.07, 6.45) is 0. The third-order valence-electron chi connectivity index (χ3n) is 7.45. The normalized spacial score (nSPS) is 11.4. The molecule has 0 heterocycles. The van der Waals surface area contributed by atoms with Gasteiger partial charge in [0.2, 0.25) is 0 Å². The van der Waals surface area contributed by atoms with Gasteiger partial charge in [-0.1, -0.05) is 158 Å². The van der Waals surface area contributed by atoms with Crippen molar-refractivity contribution in [2.24, 2.45) is 0 Å². The van der Waals surface area contributed by atoms with Gasteiger partial charge in [0.05, 0.1) is 0 Å². The molecule has 0 unspecified atom stereocenters. The first-order valence-electron chi connectivity index (χ1n) is 13.6. The summed E-state index contributed by atoms with van der Waals surface area (Å²) in [5.41, 5.74) is 8.63. The van der Waals surface area contributed by atoms with Gasteiger partial charge in [0.1, 0.15) is 0 Å².